The molecule has 22 N–H and O–H groups in total. The number of nitrogens with zero attached hydrogens (tertiary/aromatic N) is 2. The van der Waals surface area contributed by atoms with Gasteiger partial charge in [0.05, 0.1) is 17.6 Å². The molecule has 1 heterocycles. The molecule has 2 aromatic rings. The minimum Gasteiger partial charge on any atom is -0.394 e. The van der Waals surface area contributed by atoms with E-state index < -0.39 is 196 Å². The molecule has 0 unspecified atom stereocenters. The van der Waals surface area contributed by atoms with Crippen molar-refractivity contribution in [3.05, 3.63) is 36.4 Å². The molecule has 650 valence electrons. The van der Waals surface area contributed by atoms with Crippen LogP contribution in [0, 0.1) is 35.5 Å². The lowest BCUT2D eigenvalue weighted by atomic mass is 9.96. The van der Waals surface area contributed by atoms with Crippen LogP contribution in [-0.4, -0.2) is 232 Å². The first-order valence-electron chi connectivity index (χ1n) is 40.6. The number of unbranched alkanes of at least 4 members (excludes halogenated alkanes) is 3. The third-order valence-corrected chi connectivity index (χ3v) is 22.1. The number of likely N-dealkylation sites (tertiary alicyclic amines) is 1. The monoisotopic (exact) mass is 1640 g/mol. The van der Waals surface area contributed by atoms with Crippen LogP contribution in [0.1, 0.15) is 193 Å². The van der Waals surface area contributed by atoms with Gasteiger partial charge in [0.2, 0.25) is 86.8 Å². The molecule has 0 radical (unpaired) electrons. The first kappa shape index (κ1) is 101. The number of amides is 13. The summed E-state index contributed by atoms with van der Waals surface area (Å²) in [6.07, 6.45) is 2.43. The van der Waals surface area contributed by atoms with Gasteiger partial charge in [-0.1, -0.05) is 120 Å². The zero-order valence-electron chi connectivity index (χ0n) is 70.3. The average molecular weight is 1640 g/mol. The van der Waals surface area contributed by atoms with Crippen LogP contribution in [0.25, 0.3) is 10.8 Å². The molecule has 115 heavy (non-hydrogen) atoms. The number of sulfonamides is 1. The average Bonchev–Trinajstić information content (AvgIpc) is 1.31. The summed E-state index contributed by atoms with van der Waals surface area (Å²) in [5.41, 5.74) is 23.7. The number of nitrogens with one attached hydrogen (secondary N) is 12. The highest BCUT2D eigenvalue weighted by Gasteiger charge is 2.43. The second-order valence-electron chi connectivity index (χ2n) is 32.1. The lowest BCUT2D eigenvalue weighted by Crippen LogP contribution is -2.63. The summed E-state index contributed by atoms with van der Waals surface area (Å²) >= 11 is 0. The summed E-state index contributed by atoms with van der Waals surface area (Å²) in [6.45, 7) is 23.1. The van der Waals surface area contributed by atoms with Gasteiger partial charge in [0.1, 0.15) is 78.5 Å². The summed E-state index contributed by atoms with van der Waals surface area (Å²) in [6, 6.07) is -7.40. The van der Waals surface area contributed by atoms with Crippen molar-refractivity contribution in [2.45, 2.75) is 283 Å². The van der Waals surface area contributed by atoms with Gasteiger partial charge >= 0.3 is 0 Å². The lowest BCUT2D eigenvalue weighted by Gasteiger charge is -2.33. The van der Waals surface area contributed by atoms with Crippen molar-refractivity contribution in [3.63, 3.8) is 0 Å². The Kier molecular flexibility index (Phi) is 43.2. The topological polar surface area (TPSA) is 551 Å². The van der Waals surface area contributed by atoms with E-state index in [-0.39, 0.29) is 87.2 Å². The first-order chi connectivity index (χ1) is 54.0. The second kappa shape index (κ2) is 49.4. The van der Waals surface area contributed by atoms with Gasteiger partial charge in [-0.25, -0.2) is 8.42 Å². The molecule has 0 spiro atoms. The number of benzene rings is 2. The highest BCUT2D eigenvalue weighted by Crippen LogP contribution is 2.31. The molecule has 0 saturated carbocycles. The molecule has 35 nitrogen and oxygen atoms in total. The van der Waals surface area contributed by atoms with E-state index >= 15 is 0 Å². The minimum atomic E-state index is -4.36. The molecule has 3 rings (SSSR count). The zero-order chi connectivity index (χ0) is 86.9. The van der Waals surface area contributed by atoms with Crippen LogP contribution in [0.4, 0.5) is 5.69 Å². The van der Waals surface area contributed by atoms with E-state index in [4.69, 9.17) is 22.9 Å². The maximum absolute atomic E-state index is 14.8. The lowest BCUT2D eigenvalue weighted by molar-refractivity contribution is -0.143. The summed E-state index contributed by atoms with van der Waals surface area (Å²) in [5.74, 6) is -13.5. The Morgan fingerprint density at radius 2 is 0.887 bits per heavy atom. The van der Waals surface area contributed by atoms with Crippen molar-refractivity contribution in [1.82, 2.24) is 68.1 Å². The Bertz CT molecular complexity index is 3680. The molecular weight excluding hydrogens is 1510 g/mol. The fraction of sp³-hybridized carbons (Fsp3) is 0.709. The number of rotatable bonds is 52. The molecule has 16 atom stereocenters. The van der Waals surface area contributed by atoms with Crippen LogP contribution in [0.2, 0.25) is 0 Å². The molecule has 13 amide bonds. The number of anilines is 1. The number of primary amides is 1. The molecule has 0 aromatic heterocycles. The fourth-order valence-corrected chi connectivity index (χ4v) is 14.8. The fourth-order valence-electron chi connectivity index (χ4n) is 13.4. The van der Waals surface area contributed by atoms with E-state index in [1.165, 1.54) is 24.8 Å². The van der Waals surface area contributed by atoms with Gasteiger partial charge in [-0.15, -0.1) is 0 Å². The number of hydrogen-bond acceptors (Lipinski definition) is 21. The number of aliphatic hydroxyl groups is 2. The van der Waals surface area contributed by atoms with E-state index in [1.807, 2.05) is 45.8 Å². The van der Waals surface area contributed by atoms with Crippen LogP contribution in [0.5, 0.6) is 0 Å². The van der Waals surface area contributed by atoms with Crippen LogP contribution >= 0.6 is 0 Å². The predicted octanol–water partition coefficient (Wildman–Crippen LogP) is -0.362. The van der Waals surface area contributed by atoms with Crippen molar-refractivity contribution < 1.29 is 81.0 Å². The molecule has 0 bridgehead atoms. The van der Waals surface area contributed by atoms with Gasteiger partial charge < -0.3 is 101 Å². The van der Waals surface area contributed by atoms with E-state index in [9.17, 15) is 81.0 Å². The molecule has 1 aliphatic rings. The van der Waals surface area contributed by atoms with Gasteiger partial charge in [0, 0.05) is 37.1 Å². The standard InChI is InChI=1S/C79H136N18O17S/c1-17-47(11)64(67(83)100)92-71(104)54(31-20-23-37-81)85-68(101)49(13)84-69(102)53(30-19-22-36-80)87-74(107)58(42-98)89-76(109)62(45(7)8)90-78(111)66(50(14)99)94-77(110)65(48(12)18-2)93-72(105)56(40-43(3)4)88-75(108)60-34-27-39-97(60)79(112)63(46(9)10)91-70(103)55(32-21-24-38-82)86-73(106)57(41-44(5)6)95-115(113,114)61-35-26-28-51-52(61)29-25-33-59(51)96(15)16/h25-26,28-29,33,35,43-50,53-58,60,62-66,95,98-99H,17-24,27,30-32,34,36-42,80-82H2,1-16H3,(H2,83,100)(H,84,102)(H,85,101)(H,86,106)(H,87,107)(H,88,108)(H,89,109)(H,90,111)(H,91,103)(H,92,104)(H,93,105)(H,94,110)/t47-,48-,49-,50+,53-,54-,55-,56-,57-,58-,60-,62-,63-,64-,65-,66-/m0/s1. The number of carbonyl (C=O) groups excluding carboxylic acids is 13. The highest BCUT2D eigenvalue weighted by molar-refractivity contribution is 7.89. The number of fused-ring (bicyclic) bond motifs is 1. The largest absolute Gasteiger partial charge is 0.394 e. The minimum absolute atomic E-state index is 0.0241. The quantitative estimate of drug-likeness (QED) is 0.0376. The van der Waals surface area contributed by atoms with Gasteiger partial charge in [0.25, 0.3) is 0 Å². The Labute approximate surface area is 678 Å². The Morgan fingerprint density at radius 1 is 0.478 bits per heavy atom. The Morgan fingerprint density at radius 3 is 1.37 bits per heavy atom. The SMILES string of the molecule is CC[C@H](C)[C@H](NC(=O)[C@H](CCCCN)NC(=O)[C@H](C)NC(=O)[C@H](CCCCN)NC(=O)[C@H](CO)NC(=O)[C@@H](NC(=O)[C@@H](NC(=O)[C@@H](NC(=O)[C@H](CC(C)C)NC(=O)[C@@H]1CCCN1C(=O)[C@@H](NC(=O)[C@H](CCCCN)NC(=O)[C@H](CC(C)C)NS(=O)(=O)c1cccc2c(N(C)C)cccc12)C(C)C)[C@@H](C)CC)[C@@H](C)O)C(C)C)C(N)=O. The summed E-state index contributed by atoms with van der Waals surface area (Å²) in [4.78, 5) is 186. The van der Waals surface area contributed by atoms with Gasteiger partial charge in [-0.3, -0.25) is 62.3 Å². The Balaban J connectivity index is 1.82. The van der Waals surface area contributed by atoms with Crippen molar-refractivity contribution in [3.8, 4) is 0 Å². The Hall–Kier alpha value is -8.68. The molecule has 36 heteroatoms. The predicted molar refractivity (Wildman–Crippen MR) is 438 cm³/mol. The highest BCUT2D eigenvalue weighted by atomic mass is 32.2. The molecular formula is C79H136N18O17S. The molecule has 2 aromatic carbocycles. The van der Waals surface area contributed by atoms with Crippen molar-refractivity contribution in [2.24, 2.45) is 58.4 Å². The third kappa shape index (κ3) is 31.4. The smallest absolute Gasteiger partial charge is 0.246 e. The molecule has 1 fully saturated rings. The van der Waals surface area contributed by atoms with E-state index in [1.54, 1.807) is 86.6 Å². The molecule has 0 aliphatic carbocycles. The maximum atomic E-state index is 14.8. The van der Waals surface area contributed by atoms with E-state index in [0.717, 1.165) is 5.69 Å². The third-order valence-electron chi connectivity index (χ3n) is 20.6. The van der Waals surface area contributed by atoms with Crippen LogP contribution in [0.15, 0.2) is 41.3 Å². The number of hydrogen-bond donors (Lipinski definition) is 18. The van der Waals surface area contributed by atoms with Crippen molar-refractivity contribution in [2.75, 3.05) is 51.8 Å². The number of aliphatic hydroxyl groups excluding tert-OH is 2. The van der Waals surface area contributed by atoms with Gasteiger partial charge in [-0.05, 0) is 165 Å². The van der Waals surface area contributed by atoms with Crippen LogP contribution in [0.3, 0.4) is 0 Å². The summed E-state index contributed by atoms with van der Waals surface area (Å²) in [5, 5.41) is 51.7. The zero-order valence-corrected chi connectivity index (χ0v) is 71.1. The van der Waals surface area contributed by atoms with Crippen LogP contribution in [-0.2, 0) is 72.4 Å². The molecule has 1 aliphatic heterocycles. The van der Waals surface area contributed by atoms with Gasteiger partial charge in [0.15, 0.2) is 0 Å². The van der Waals surface area contributed by atoms with Crippen LogP contribution < -0.4 is 91.0 Å². The summed E-state index contributed by atoms with van der Waals surface area (Å²) in [7, 11) is -0.681. The van der Waals surface area contributed by atoms with Crippen molar-refractivity contribution in [1.29, 1.82) is 0 Å². The first-order valence-corrected chi connectivity index (χ1v) is 42.1. The maximum Gasteiger partial charge on any atom is 0.246 e. The number of nitrogens with two attached hydrogens (primary N) is 4. The molecule has 1 saturated heterocycles. The van der Waals surface area contributed by atoms with Crippen molar-refractivity contribution >= 4 is 103 Å². The number of carbonyl (C=O) groups is 13. The van der Waals surface area contributed by atoms with E-state index in [2.05, 4.69) is 63.2 Å². The van der Waals surface area contributed by atoms with E-state index in [0.29, 0.717) is 68.7 Å². The normalized spacial score (nSPS) is 17.0. The second-order valence-corrected chi connectivity index (χ2v) is 33.7. The summed E-state index contributed by atoms with van der Waals surface area (Å²) < 4.78 is 31.2. The van der Waals surface area contributed by atoms with Gasteiger partial charge in [-0.2, -0.15) is 4.72 Å².